The predicted octanol–water partition coefficient (Wildman–Crippen LogP) is 9.05. The van der Waals surface area contributed by atoms with E-state index in [0.29, 0.717) is 78.1 Å². The number of nitrogens with zero attached hydrogens (tertiary/aromatic N) is 8. The Morgan fingerprint density at radius 1 is 0.838 bits per heavy atom. The summed E-state index contributed by atoms with van der Waals surface area (Å²) in [5.41, 5.74) is 7.05. The molecular weight excluding hydrogens is 953 g/mol. The van der Waals surface area contributed by atoms with Gasteiger partial charge in [0, 0.05) is 68.2 Å². The number of fused-ring (bicyclic) bond motifs is 5. The first kappa shape index (κ1) is 47.7. The highest BCUT2D eigenvalue weighted by Gasteiger charge is 2.41. The number of carbonyl (C=O) groups excluding carboxylic acids is 3. The van der Waals surface area contributed by atoms with Crippen molar-refractivity contribution in [2.24, 2.45) is 13.0 Å². The summed E-state index contributed by atoms with van der Waals surface area (Å²) in [5.74, 6) is 0.682. The van der Waals surface area contributed by atoms with E-state index in [1.807, 2.05) is 80.7 Å². The highest BCUT2D eigenvalue weighted by Crippen LogP contribution is 2.40. The summed E-state index contributed by atoms with van der Waals surface area (Å²) in [6.45, 7) is 6.20. The van der Waals surface area contributed by atoms with Gasteiger partial charge < -0.3 is 19.6 Å². The van der Waals surface area contributed by atoms with Gasteiger partial charge in [0.15, 0.2) is 16.5 Å². The number of nitrogens with one attached hydrogen (secondary N) is 2. The number of hydrogen-bond acceptors (Lipinski definition) is 13. The molecule has 3 saturated heterocycles. The fraction of sp³-hybridized carbons (Fsp3) is 0.404. The number of likely N-dealkylation sites (tertiary alicyclic amines) is 1. The fourth-order valence-electron chi connectivity index (χ4n) is 12.5. The molecule has 0 radical (unpaired) electrons. The Morgan fingerprint density at radius 3 is 2.43 bits per heavy atom. The maximum atomic E-state index is 13.7. The van der Waals surface area contributed by atoms with E-state index in [1.54, 1.807) is 4.68 Å². The number of carbonyl (C=O) groups is 4. The molecule has 3 atom stereocenters. The second kappa shape index (κ2) is 19.9. The normalized spacial score (nSPS) is 22.0. The standard InChI is InChI=1S/C57H60N10O6S/c1-33-39(40-21-24-48(59-52(40)56(71)72)66-29-27-35-9-5-11-41(44(35)32-66)54(69)62-57-58-45-12-3-4-14-47(45)74-57)10-6-13-46(33)73-38-19-15-34(16-20-38)8-7-28-65-30-36-17-18-37(31-65)67(36)49-25-22-42-51(63-64(2)53(42)60-49)43-23-26-50(68)61-55(43)70/h3-6,9-14,21-22,24-25,34,36-38,43H,7-8,15-20,23,26-32H2,1-2H3,(H,71,72)(H,58,62,69)(H,61,68,70). The van der Waals surface area contributed by atoms with Crippen LogP contribution in [-0.4, -0.2) is 103 Å². The van der Waals surface area contributed by atoms with Crippen molar-refractivity contribution in [3.63, 3.8) is 0 Å². The molecule has 17 heteroatoms. The zero-order valence-corrected chi connectivity index (χ0v) is 42.6. The molecule has 4 aromatic heterocycles. The lowest BCUT2D eigenvalue weighted by atomic mass is 9.84. The molecule has 3 amide bonds. The monoisotopic (exact) mass is 1010 g/mol. The van der Waals surface area contributed by atoms with Gasteiger partial charge in [0.25, 0.3) is 5.91 Å². The highest BCUT2D eigenvalue weighted by molar-refractivity contribution is 7.22. The fourth-order valence-corrected chi connectivity index (χ4v) is 13.4. The molecular formula is C57H60N10O6S. The van der Waals surface area contributed by atoms with Crippen LogP contribution in [0.1, 0.15) is 113 Å². The highest BCUT2D eigenvalue weighted by atomic mass is 32.1. The largest absolute Gasteiger partial charge is 0.490 e. The van der Waals surface area contributed by atoms with Gasteiger partial charge >= 0.3 is 5.97 Å². The molecule has 1 saturated carbocycles. The molecule has 8 heterocycles. The second-order valence-electron chi connectivity index (χ2n) is 20.9. The third-order valence-corrected chi connectivity index (χ3v) is 17.2. The number of pyridine rings is 2. The first-order chi connectivity index (χ1) is 36.0. The molecule has 0 spiro atoms. The molecule has 5 aliphatic rings. The average Bonchev–Trinajstić information content (AvgIpc) is 4.06. The molecule has 16 nitrogen and oxygen atoms in total. The van der Waals surface area contributed by atoms with Crippen LogP contribution in [-0.2, 0) is 29.6 Å². The number of rotatable bonds is 13. The second-order valence-corrected chi connectivity index (χ2v) is 21.9. The summed E-state index contributed by atoms with van der Waals surface area (Å²) < 4.78 is 9.49. The Kier molecular flexibility index (Phi) is 12.8. The Labute approximate surface area is 433 Å². The molecule has 3 unspecified atom stereocenters. The number of ether oxygens (including phenoxy) is 1. The molecule has 3 N–H and O–H groups in total. The Morgan fingerprint density at radius 2 is 1.64 bits per heavy atom. The zero-order chi connectivity index (χ0) is 50.6. The zero-order valence-electron chi connectivity index (χ0n) is 41.8. The number of amides is 3. The van der Waals surface area contributed by atoms with Crippen LogP contribution in [0.2, 0.25) is 0 Å². The van der Waals surface area contributed by atoms with Crippen molar-refractivity contribution in [3.8, 4) is 16.9 Å². The van der Waals surface area contributed by atoms with E-state index in [0.717, 1.165) is 113 Å². The molecule has 4 fully saturated rings. The number of carboxylic acid groups (broad SMARTS) is 1. The van der Waals surface area contributed by atoms with Gasteiger partial charge in [-0.15, -0.1) is 0 Å². The van der Waals surface area contributed by atoms with Gasteiger partial charge in [0.1, 0.15) is 17.4 Å². The smallest absolute Gasteiger partial charge is 0.355 e. The minimum absolute atomic E-state index is 0.0199. The van der Waals surface area contributed by atoms with E-state index in [9.17, 15) is 24.3 Å². The number of aromatic carboxylic acids is 1. The van der Waals surface area contributed by atoms with Crippen LogP contribution >= 0.6 is 11.3 Å². The summed E-state index contributed by atoms with van der Waals surface area (Å²) in [6, 6.07) is 28.2. The molecule has 380 valence electrons. The maximum absolute atomic E-state index is 13.7. The summed E-state index contributed by atoms with van der Waals surface area (Å²) in [4.78, 5) is 72.8. The lowest BCUT2D eigenvalue weighted by Crippen LogP contribution is -2.54. The molecule has 7 aromatic rings. The van der Waals surface area contributed by atoms with Gasteiger partial charge in [0.2, 0.25) is 11.8 Å². The average molecular weight is 1010 g/mol. The van der Waals surface area contributed by atoms with E-state index < -0.39 is 11.9 Å². The van der Waals surface area contributed by atoms with Crippen molar-refractivity contribution < 1.29 is 29.0 Å². The number of benzene rings is 3. The van der Waals surface area contributed by atoms with Crippen molar-refractivity contribution in [2.45, 2.75) is 108 Å². The van der Waals surface area contributed by atoms with Gasteiger partial charge in [-0.2, -0.15) is 5.10 Å². The topological polar surface area (TPSA) is 188 Å². The predicted molar refractivity (Wildman–Crippen MR) is 285 cm³/mol. The van der Waals surface area contributed by atoms with Crippen LogP contribution in [0.15, 0.2) is 84.9 Å². The van der Waals surface area contributed by atoms with Crippen molar-refractivity contribution >= 4 is 73.0 Å². The number of piperidine rings is 1. The van der Waals surface area contributed by atoms with E-state index in [-0.39, 0.29) is 29.5 Å². The molecule has 1 aliphatic carbocycles. The van der Waals surface area contributed by atoms with E-state index >= 15 is 0 Å². The third kappa shape index (κ3) is 9.24. The summed E-state index contributed by atoms with van der Waals surface area (Å²) in [5, 5.41) is 22.2. The van der Waals surface area contributed by atoms with Crippen LogP contribution in [0, 0.1) is 12.8 Å². The molecule has 4 aliphatic heterocycles. The number of thiazole rings is 1. The number of para-hydroxylation sites is 1. The van der Waals surface area contributed by atoms with Crippen LogP contribution in [0.3, 0.4) is 0 Å². The first-order valence-electron chi connectivity index (χ1n) is 26.2. The molecule has 12 rings (SSSR count). The van der Waals surface area contributed by atoms with Crippen molar-refractivity contribution in [1.29, 1.82) is 0 Å². The van der Waals surface area contributed by atoms with E-state index in [1.165, 1.54) is 24.2 Å². The minimum atomic E-state index is -1.10. The third-order valence-electron chi connectivity index (χ3n) is 16.3. The Balaban J connectivity index is 0.638. The molecule has 2 bridgehead atoms. The minimum Gasteiger partial charge on any atom is -0.490 e. The van der Waals surface area contributed by atoms with Crippen molar-refractivity contribution in [2.75, 3.05) is 41.3 Å². The summed E-state index contributed by atoms with van der Waals surface area (Å²) >= 11 is 1.44. The lowest BCUT2D eigenvalue weighted by Gasteiger charge is -2.42. The van der Waals surface area contributed by atoms with Gasteiger partial charge in [-0.1, -0.05) is 47.7 Å². The number of imide groups is 1. The molecule has 3 aromatic carbocycles. The maximum Gasteiger partial charge on any atom is 0.355 e. The van der Waals surface area contributed by atoms with Crippen LogP contribution < -0.4 is 25.2 Å². The van der Waals surface area contributed by atoms with Gasteiger partial charge in [-0.05, 0) is 154 Å². The number of piperazine rings is 1. The quantitative estimate of drug-likeness (QED) is 0.0930. The number of aromatic nitrogens is 5. The van der Waals surface area contributed by atoms with Crippen molar-refractivity contribution in [1.82, 2.24) is 34.9 Å². The van der Waals surface area contributed by atoms with Crippen LogP contribution in [0.25, 0.3) is 32.4 Å². The Bertz CT molecular complexity index is 3300. The lowest BCUT2D eigenvalue weighted by molar-refractivity contribution is -0.134. The summed E-state index contributed by atoms with van der Waals surface area (Å²) in [7, 11) is 1.88. The first-order valence-corrected chi connectivity index (χ1v) is 27.0. The van der Waals surface area contributed by atoms with Crippen molar-refractivity contribution in [3.05, 3.63) is 119 Å². The molecule has 74 heavy (non-hydrogen) atoms. The SMILES string of the molecule is Cc1c(OC2CCC(CCCN3CC4CCC(C3)N4c3ccc4c(C5CCC(=O)NC5=O)nn(C)c4n3)CC2)cccc1-c1ccc(N2CCc3cccc(C(=O)Nc4nc5ccccc5s4)c3C2)nc1C(=O)O. The van der Waals surface area contributed by atoms with Gasteiger partial charge in [0.05, 0.1) is 27.9 Å². The number of anilines is 3. The number of aryl methyl sites for hydroxylation is 1. The number of carboxylic acids is 1. The summed E-state index contributed by atoms with van der Waals surface area (Å²) in [6.07, 6.45) is 10.5. The Hall–Kier alpha value is -7.24. The van der Waals surface area contributed by atoms with Crippen LogP contribution in [0.4, 0.5) is 16.8 Å². The van der Waals surface area contributed by atoms with E-state index in [4.69, 9.17) is 19.8 Å². The van der Waals surface area contributed by atoms with Gasteiger partial charge in [-0.25, -0.2) is 19.7 Å². The van der Waals surface area contributed by atoms with Crippen LogP contribution in [0.5, 0.6) is 5.75 Å². The number of hydrogen-bond donors (Lipinski definition) is 3. The van der Waals surface area contributed by atoms with Gasteiger partial charge in [-0.3, -0.25) is 34.6 Å². The van der Waals surface area contributed by atoms with E-state index in [2.05, 4.69) is 48.5 Å².